The topological polar surface area (TPSA) is 126 Å². The number of aliphatic hydroxyl groups is 1. The third kappa shape index (κ3) is 4.90. The van der Waals surface area contributed by atoms with Gasteiger partial charge in [-0.1, -0.05) is 71.6 Å². The molecule has 2 N–H and O–H groups in total. The zero-order valence-corrected chi connectivity index (χ0v) is 23.2. The van der Waals surface area contributed by atoms with Crippen LogP contribution in [0.1, 0.15) is 22.7 Å². The summed E-state index contributed by atoms with van der Waals surface area (Å²) in [5.41, 5.74) is 1.79. The van der Waals surface area contributed by atoms with Gasteiger partial charge in [0.25, 0.3) is 5.78 Å². The van der Waals surface area contributed by atoms with Crippen LogP contribution in [0.4, 0.5) is 5.13 Å². The highest BCUT2D eigenvalue weighted by Gasteiger charge is 2.48. The van der Waals surface area contributed by atoms with Gasteiger partial charge in [0.15, 0.2) is 15.8 Å². The molecule has 1 saturated heterocycles. The number of rotatable bonds is 7. The Labute approximate surface area is 242 Å². The van der Waals surface area contributed by atoms with Gasteiger partial charge in [-0.25, -0.2) is 0 Å². The SMILES string of the molecule is COc1cc(C2/C(=C(\O)c3ccncc3)C(=O)C(=O)N2c2nnc(SCc3cccc4ccccc34)s2)ccc1O. The quantitative estimate of drug-likeness (QED) is 0.0815. The highest BCUT2D eigenvalue weighted by molar-refractivity contribution is 8.00. The number of ether oxygens (including phenoxy) is 1. The van der Waals surface area contributed by atoms with E-state index in [9.17, 15) is 19.8 Å². The van der Waals surface area contributed by atoms with E-state index in [0.717, 1.165) is 16.3 Å². The molecule has 0 saturated carbocycles. The second kappa shape index (κ2) is 11.0. The van der Waals surface area contributed by atoms with Gasteiger partial charge >= 0.3 is 5.91 Å². The molecule has 2 aromatic heterocycles. The average molecular weight is 583 g/mol. The number of thioether (sulfide) groups is 1. The van der Waals surface area contributed by atoms with Crippen molar-refractivity contribution in [3.63, 3.8) is 0 Å². The Bertz CT molecular complexity index is 1820. The molecule has 1 amide bonds. The lowest BCUT2D eigenvalue weighted by atomic mass is 9.95. The third-order valence-corrected chi connectivity index (χ3v) is 8.86. The van der Waals surface area contributed by atoms with Gasteiger partial charge in [-0.15, -0.1) is 10.2 Å². The van der Waals surface area contributed by atoms with Crippen LogP contribution in [0, 0.1) is 0 Å². The van der Waals surface area contributed by atoms with Crippen molar-refractivity contribution >= 4 is 56.5 Å². The molecule has 1 unspecified atom stereocenters. The molecule has 5 aromatic rings. The van der Waals surface area contributed by atoms with Crippen LogP contribution >= 0.6 is 23.1 Å². The number of hydrogen-bond acceptors (Lipinski definition) is 10. The highest BCUT2D eigenvalue weighted by Crippen LogP contribution is 2.45. The lowest BCUT2D eigenvalue weighted by Gasteiger charge is -2.23. The number of amides is 1. The first-order valence-corrected chi connectivity index (χ1v) is 14.3. The zero-order chi connectivity index (χ0) is 28.5. The molecule has 1 aliphatic heterocycles. The molecule has 0 bridgehead atoms. The number of nitrogens with zero attached hydrogens (tertiary/aromatic N) is 4. The molecule has 3 aromatic carbocycles. The minimum absolute atomic E-state index is 0.106. The molecule has 3 heterocycles. The maximum atomic E-state index is 13.5. The van der Waals surface area contributed by atoms with Crippen molar-refractivity contribution in [2.75, 3.05) is 12.0 Å². The minimum Gasteiger partial charge on any atom is -0.507 e. The van der Waals surface area contributed by atoms with Gasteiger partial charge < -0.3 is 14.9 Å². The van der Waals surface area contributed by atoms with Crippen molar-refractivity contribution in [1.29, 1.82) is 0 Å². The van der Waals surface area contributed by atoms with Gasteiger partial charge in [-0.05, 0) is 46.2 Å². The van der Waals surface area contributed by atoms with E-state index < -0.39 is 17.7 Å². The molecule has 1 atom stereocenters. The van der Waals surface area contributed by atoms with Crippen molar-refractivity contribution in [2.45, 2.75) is 16.1 Å². The van der Waals surface area contributed by atoms with Crippen LogP contribution in [-0.2, 0) is 15.3 Å². The number of pyridine rings is 1. The van der Waals surface area contributed by atoms with E-state index >= 15 is 0 Å². The summed E-state index contributed by atoms with van der Waals surface area (Å²) >= 11 is 2.66. The Morgan fingerprint density at radius 1 is 1.02 bits per heavy atom. The molecule has 1 fully saturated rings. The Morgan fingerprint density at radius 3 is 2.61 bits per heavy atom. The van der Waals surface area contributed by atoms with Crippen LogP contribution in [0.5, 0.6) is 11.5 Å². The molecule has 1 aliphatic rings. The van der Waals surface area contributed by atoms with E-state index in [2.05, 4.69) is 39.4 Å². The number of carbonyl (C=O) groups excluding carboxylic acids is 2. The summed E-state index contributed by atoms with van der Waals surface area (Å²) < 4.78 is 5.89. The molecule has 0 radical (unpaired) electrons. The van der Waals surface area contributed by atoms with Gasteiger partial charge in [0, 0.05) is 23.7 Å². The van der Waals surface area contributed by atoms with E-state index in [0.29, 0.717) is 21.2 Å². The number of phenolic OH excluding ortho intramolecular Hbond substituents is 1. The van der Waals surface area contributed by atoms with Crippen molar-refractivity contribution in [3.8, 4) is 11.5 Å². The fourth-order valence-electron chi connectivity index (χ4n) is 4.79. The van der Waals surface area contributed by atoms with Gasteiger partial charge in [0.05, 0.1) is 18.7 Å². The average Bonchev–Trinajstić information content (AvgIpc) is 3.58. The third-order valence-electron chi connectivity index (χ3n) is 6.75. The van der Waals surface area contributed by atoms with E-state index in [4.69, 9.17) is 4.74 Å². The Kier molecular flexibility index (Phi) is 7.12. The second-order valence-electron chi connectivity index (χ2n) is 9.11. The van der Waals surface area contributed by atoms with E-state index in [-0.39, 0.29) is 28.0 Å². The van der Waals surface area contributed by atoms with Crippen molar-refractivity contribution in [2.24, 2.45) is 0 Å². The fraction of sp³-hybridized carbons (Fsp3) is 0.100. The largest absolute Gasteiger partial charge is 0.507 e. The van der Waals surface area contributed by atoms with E-state index in [1.54, 1.807) is 18.2 Å². The number of ketones is 1. The van der Waals surface area contributed by atoms with Crippen LogP contribution in [0.3, 0.4) is 0 Å². The summed E-state index contributed by atoms with van der Waals surface area (Å²) in [5.74, 6) is -1.38. The summed E-state index contributed by atoms with van der Waals surface area (Å²) in [6, 6.07) is 20.8. The van der Waals surface area contributed by atoms with Crippen LogP contribution in [-0.4, -0.2) is 44.2 Å². The molecule has 9 nitrogen and oxygen atoms in total. The summed E-state index contributed by atoms with van der Waals surface area (Å²) in [7, 11) is 1.40. The lowest BCUT2D eigenvalue weighted by Crippen LogP contribution is -2.29. The summed E-state index contributed by atoms with van der Waals surface area (Å²) in [4.78, 5) is 32.1. The number of aromatic nitrogens is 3. The van der Waals surface area contributed by atoms with Crippen LogP contribution in [0.15, 0.2) is 95.1 Å². The first kappa shape index (κ1) is 26.5. The van der Waals surface area contributed by atoms with Crippen LogP contribution < -0.4 is 9.64 Å². The molecule has 11 heteroatoms. The predicted octanol–water partition coefficient (Wildman–Crippen LogP) is 5.72. The molecule has 204 valence electrons. The van der Waals surface area contributed by atoms with E-state index in [1.165, 1.54) is 59.6 Å². The highest BCUT2D eigenvalue weighted by atomic mass is 32.2. The zero-order valence-electron chi connectivity index (χ0n) is 21.6. The number of phenols is 1. The van der Waals surface area contributed by atoms with Crippen molar-refractivity contribution < 1.29 is 24.5 Å². The maximum Gasteiger partial charge on any atom is 0.301 e. The van der Waals surface area contributed by atoms with Gasteiger partial charge in [-0.3, -0.25) is 19.5 Å². The van der Waals surface area contributed by atoms with Crippen LogP contribution in [0.2, 0.25) is 0 Å². The number of fused-ring (bicyclic) bond motifs is 1. The minimum atomic E-state index is -1.04. The fourth-order valence-corrected chi connectivity index (χ4v) is 6.66. The number of hydrogen-bond donors (Lipinski definition) is 2. The molecule has 41 heavy (non-hydrogen) atoms. The standard InChI is InChI=1S/C30H22N4O5S2/c1-39-23-15-19(9-10-22(23)35)25-24(26(36)18-11-13-31-14-12-18)27(37)28(38)34(25)29-32-33-30(41-29)40-16-20-7-4-6-17-5-2-3-8-21(17)20/h2-15,25,35-36H,16H2,1H3/b26-24+. The second-order valence-corrected chi connectivity index (χ2v) is 11.3. The maximum absolute atomic E-state index is 13.5. The smallest absolute Gasteiger partial charge is 0.301 e. The number of anilines is 1. The Balaban J connectivity index is 1.39. The molecular formula is C30H22N4O5S2. The summed E-state index contributed by atoms with van der Waals surface area (Å²) in [6.07, 6.45) is 2.96. The summed E-state index contributed by atoms with van der Waals surface area (Å²) in [5, 5.41) is 32.5. The van der Waals surface area contributed by atoms with Crippen LogP contribution in [0.25, 0.3) is 16.5 Å². The Hall–Kier alpha value is -4.74. The lowest BCUT2D eigenvalue weighted by molar-refractivity contribution is -0.132. The Morgan fingerprint density at radius 2 is 1.80 bits per heavy atom. The van der Waals surface area contributed by atoms with E-state index in [1.807, 2.05) is 18.2 Å². The number of carbonyl (C=O) groups is 2. The van der Waals surface area contributed by atoms with Gasteiger partial charge in [0.1, 0.15) is 5.76 Å². The number of methoxy groups -OCH3 is 1. The van der Waals surface area contributed by atoms with Gasteiger partial charge in [0.2, 0.25) is 5.13 Å². The monoisotopic (exact) mass is 582 g/mol. The normalized spacial score (nSPS) is 16.4. The number of benzene rings is 3. The van der Waals surface area contributed by atoms with Gasteiger partial charge in [-0.2, -0.15) is 0 Å². The first-order valence-electron chi connectivity index (χ1n) is 12.5. The molecule has 0 spiro atoms. The van der Waals surface area contributed by atoms with Crippen molar-refractivity contribution in [3.05, 3.63) is 107 Å². The molecule has 6 rings (SSSR count). The number of aliphatic hydroxyl groups excluding tert-OH is 1. The predicted molar refractivity (Wildman–Crippen MR) is 157 cm³/mol. The number of Topliss-reactive ketones (excluding diaryl/α,β-unsaturated/α-hetero) is 1. The molecular weight excluding hydrogens is 560 g/mol. The first-order chi connectivity index (χ1) is 20.0. The molecule has 0 aliphatic carbocycles. The van der Waals surface area contributed by atoms with Crippen molar-refractivity contribution in [1.82, 2.24) is 15.2 Å². The summed E-state index contributed by atoms with van der Waals surface area (Å²) in [6.45, 7) is 0. The number of aromatic hydroxyl groups is 1.